The highest BCUT2D eigenvalue weighted by molar-refractivity contribution is 9.10. The van der Waals surface area contributed by atoms with Crippen molar-refractivity contribution in [2.75, 3.05) is 6.54 Å². The van der Waals surface area contributed by atoms with Crippen LogP contribution in [0.25, 0.3) is 11.5 Å². The van der Waals surface area contributed by atoms with Gasteiger partial charge in [-0.25, -0.2) is 0 Å². The molecule has 0 aliphatic rings. The van der Waals surface area contributed by atoms with E-state index in [1.54, 1.807) is 19.2 Å². The fourth-order valence-electron chi connectivity index (χ4n) is 1.34. The lowest BCUT2D eigenvalue weighted by Crippen LogP contribution is -2.36. The van der Waals surface area contributed by atoms with Crippen molar-refractivity contribution in [2.45, 2.75) is 18.9 Å². The van der Waals surface area contributed by atoms with E-state index in [2.05, 4.69) is 31.1 Å². The number of rotatable bonds is 4. The first kappa shape index (κ1) is 13.1. The van der Waals surface area contributed by atoms with E-state index >= 15 is 0 Å². The summed E-state index contributed by atoms with van der Waals surface area (Å²) in [6, 6.07) is 3.62. The average molecular weight is 313 g/mol. The first-order chi connectivity index (χ1) is 8.50. The minimum absolute atomic E-state index is 0.126. The number of nitrogens with two attached hydrogens (primary N) is 1. The van der Waals surface area contributed by atoms with Crippen LogP contribution in [0.15, 0.2) is 27.3 Å². The molecular weight excluding hydrogens is 300 g/mol. The second-order valence-electron chi connectivity index (χ2n) is 4.25. The van der Waals surface area contributed by atoms with Crippen LogP contribution in [0.1, 0.15) is 12.8 Å². The fourth-order valence-corrected chi connectivity index (χ4v) is 1.57. The molecule has 2 aromatic heterocycles. The minimum atomic E-state index is -1.04. The molecule has 7 heteroatoms. The predicted octanol–water partition coefficient (Wildman–Crippen LogP) is 1.15. The van der Waals surface area contributed by atoms with Crippen molar-refractivity contribution < 1.29 is 9.63 Å². The maximum Gasteiger partial charge on any atom is 0.229 e. The Bertz CT molecular complexity index is 524. The standard InChI is InChI=1S/C11H13BrN4O2/c1-11(17,6-13)4-9-15-10(16-18-9)8-3-2-7(12)5-14-8/h2-3,5,17H,4,6,13H2,1H3. The van der Waals surface area contributed by atoms with Crippen LogP contribution >= 0.6 is 15.9 Å². The molecular formula is C11H13BrN4O2. The lowest BCUT2D eigenvalue weighted by Gasteiger charge is -2.17. The van der Waals surface area contributed by atoms with E-state index in [0.29, 0.717) is 17.4 Å². The van der Waals surface area contributed by atoms with Gasteiger partial charge in [0.1, 0.15) is 5.69 Å². The molecule has 0 aliphatic heterocycles. The molecule has 3 N–H and O–H groups in total. The molecule has 0 saturated carbocycles. The van der Waals surface area contributed by atoms with Gasteiger partial charge in [0, 0.05) is 17.2 Å². The quantitative estimate of drug-likeness (QED) is 0.878. The van der Waals surface area contributed by atoms with Gasteiger partial charge in [0.2, 0.25) is 11.7 Å². The molecule has 18 heavy (non-hydrogen) atoms. The van der Waals surface area contributed by atoms with Crippen molar-refractivity contribution in [3.05, 3.63) is 28.7 Å². The summed E-state index contributed by atoms with van der Waals surface area (Å²) in [7, 11) is 0. The summed E-state index contributed by atoms with van der Waals surface area (Å²) in [5, 5.41) is 13.6. The van der Waals surface area contributed by atoms with Gasteiger partial charge in [-0.15, -0.1) is 0 Å². The smallest absolute Gasteiger partial charge is 0.229 e. The number of hydrogen-bond donors (Lipinski definition) is 2. The van der Waals surface area contributed by atoms with Gasteiger partial charge in [0.05, 0.1) is 12.0 Å². The third kappa shape index (κ3) is 3.12. The van der Waals surface area contributed by atoms with Gasteiger partial charge in [-0.1, -0.05) is 5.16 Å². The van der Waals surface area contributed by atoms with E-state index in [4.69, 9.17) is 10.3 Å². The third-order valence-electron chi connectivity index (χ3n) is 2.40. The van der Waals surface area contributed by atoms with E-state index in [1.165, 1.54) is 0 Å². The van der Waals surface area contributed by atoms with Crippen molar-refractivity contribution in [1.29, 1.82) is 0 Å². The van der Waals surface area contributed by atoms with Crippen molar-refractivity contribution in [3.8, 4) is 11.5 Å². The molecule has 1 unspecified atom stereocenters. The van der Waals surface area contributed by atoms with Crippen LogP contribution < -0.4 is 5.73 Å². The summed E-state index contributed by atoms with van der Waals surface area (Å²) in [5.74, 6) is 0.732. The van der Waals surface area contributed by atoms with Gasteiger partial charge in [-0.2, -0.15) is 4.98 Å². The molecule has 0 spiro atoms. The monoisotopic (exact) mass is 312 g/mol. The van der Waals surface area contributed by atoms with Crippen molar-refractivity contribution >= 4 is 15.9 Å². The van der Waals surface area contributed by atoms with E-state index < -0.39 is 5.60 Å². The molecule has 0 aliphatic carbocycles. The van der Waals surface area contributed by atoms with E-state index in [0.717, 1.165) is 4.47 Å². The molecule has 2 aromatic rings. The molecule has 0 saturated heterocycles. The zero-order valence-corrected chi connectivity index (χ0v) is 11.4. The second kappa shape index (κ2) is 5.13. The maximum absolute atomic E-state index is 9.82. The molecule has 0 fully saturated rings. The summed E-state index contributed by atoms with van der Waals surface area (Å²) in [4.78, 5) is 8.33. The summed E-state index contributed by atoms with van der Waals surface area (Å²) in [5.41, 5.74) is 5.00. The summed E-state index contributed by atoms with van der Waals surface area (Å²) >= 11 is 3.30. The molecule has 1 atom stereocenters. The van der Waals surface area contributed by atoms with Crippen LogP contribution in [0, 0.1) is 0 Å². The highest BCUT2D eigenvalue weighted by Gasteiger charge is 2.23. The Hall–Kier alpha value is -1.31. The zero-order valence-electron chi connectivity index (χ0n) is 9.80. The Morgan fingerprint density at radius 3 is 2.89 bits per heavy atom. The van der Waals surface area contributed by atoms with Crippen LogP contribution in [0.4, 0.5) is 0 Å². The van der Waals surface area contributed by atoms with Crippen LogP contribution in [0.2, 0.25) is 0 Å². The van der Waals surface area contributed by atoms with Crippen LogP contribution in [0.5, 0.6) is 0 Å². The predicted molar refractivity (Wildman–Crippen MR) is 68.6 cm³/mol. The van der Waals surface area contributed by atoms with Crippen LogP contribution in [-0.4, -0.2) is 32.4 Å². The Kier molecular flexibility index (Phi) is 3.74. The molecule has 0 aromatic carbocycles. The van der Waals surface area contributed by atoms with Crippen molar-refractivity contribution in [1.82, 2.24) is 15.1 Å². The zero-order chi connectivity index (χ0) is 13.2. The number of nitrogens with zero attached hydrogens (tertiary/aromatic N) is 3. The van der Waals surface area contributed by atoms with E-state index in [1.807, 2.05) is 6.07 Å². The minimum Gasteiger partial charge on any atom is -0.388 e. The Labute approximate surface area is 112 Å². The van der Waals surface area contributed by atoms with Crippen LogP contribution in [0.3, 0.4) is 0 Å². The SMILES string of the molecule is CC(O)(CN)Cc1nc(-c2ccc(Br)cn2)no1. The third-order valence-corrected chi connectivity index (χ3v) is 2.87. The number of aliphatic hydroxyl groups is 1. The molecule has 2 rings (SSSR count). The van der Waals surface area contributed by atoms with Gasteiger partial charge in [0.15, 0.2) is 0 Å². The summed E-state index contributed by atoms with van der Waals surface area (Å²) in [6.45, 7) is 1.75. The van der Waals surface area contributed by atoms with E-state index in [9.17, 15) is 5.11 Å². The Morgan fingerprint density at radius 2 is 2.28 bits per heavy atom. The highest BCUT2D eigenvalue weighted by atomic mass is 79.9. The number of aromatic nitrogens is 3. The van der Waals surface area contributed by atoms with Gasteiger partial charge in [-0.3, -0.25) is 4.98 Å². The van der Waals surface area contributed by atoms with Crippen LogP contribution in [-0.2, 0) is 6.42 Å². The normalized spacial score (nSPS) is 14.4. The molecule has 0 radical (unpaired) electrons. The average Bonchev–Trinajstić information content (AvgIpc) is 2.78. The lowest BCUT2D eigenvalue weighted by atomic mass is 10.0. The molecule has 0 amide bonds. The topological polar surface area (TPSA) is 98.1 Å². The lowest BCUT2D eigenvalue weighted by molar-refractivity contribution is 0.0610. The first-order valence-electron chi connectivity index (χ1n) is 5.37. The first-order valence-corrected chi connectivity index (χ1v) is 6.16. The highest BCUT2D eigenvalue weighted by Crippen LogP contribution is 2.17. The second-order valence-corrected chi connectivity index (χ2v) is 5.17. The molecule has 96 valence electrons. The van der Waals surface area contributed by atoms with Gasteiger partial charge >= 0.3 is 0 Å². The molecule has 0 bridgehead atoms. The number of halogens is 1. The van der Waals surface area contributed by atoms with Gasteiger partial charge in [-0.05, 0) is 35.0 Å². The maximum atomic E-state index is 9.82. The molecule has 6 nitrogen and oxygen atoms in total. The largest absolute Gasteiger partial charge is 0.388 e. The summed E-state index contributed by atoms with van der Waals surface area (Å²) < 4.78 is 5.93. The van der Waals surface area contributed by atoms with Gasteiger partial charge in [0.25, 0.3) is 0 Å². The van der Waals surface area contributed by atoms with Crippen molar-refractivity contribution in [3.63, 3.8) is 0 Å². The number of pyridine rings is 1. The Morgan fingerprint density at radius 1 is 1.50 bits per heavy atom. The Balaban J connectivity index is 2.18. The van der Waals surface area contributed by atoms with Gasteiger partial charge < -0.3 is 15.4 Å². The summed E-state index contributed by atoms with van der Waals surface area (Å²) in [6.07, 6.45) is 1.87. The fraction of sp³-hybridized carbons (Fsp3) is 0.364. The van der Waals surface area contributed by atoms with Crippen molar-refractivity contribution in [2.24, 2.45) is 5.73 Å². The molecule has 2 heterocycles. The number of hydrogen-bond acceptors (Lipinski definition) is 6. The van der Waals surface area contributed by atoms with E-state index in [-0.39, 0.29) is 13.0 Å².